The van der Waals surface area contributed by atoms with Gasteiger partial charge in [0.25, 0.3) is 0 Å². The number of hydrogen-bond acceptors (Lipinski definition) is 5. The van der Waals surface area contributed by atoms with E-state index in [0.717, 1.165) is 23.7 Å². The second kappa shape index (κ2) is 8.49. The van der Waals surface area contributed by atoms with Crippen LogP contribution in [0.2, 0.25) is 0 Å². The number of nitrogens with zero attached hydrogens (tertiary/aromatic N) is 3. The normalized spacial score (nSPS) is 11.3. The lowest BCUT2D eigenvalue weighted by Gasteiger charge is -2.13. The molecule has 0 fully saturated rings. The predicted octanol–water partition coefficient (Wildman–Crippen LogP) is 2.10. The molecule has 0 spiro atoms. The van der Waals surface area contributed by atoms with Gasteiger partial charge in [0.2, 0.25) is 6.29 Å². The molecule has 0 aliphatic rings. The minimum Gasteiger partial charge on any atom is -0.347 e. The van der Waals surface area contributed by atoms with Crippen LogP contribution >= 0.6 is 11.8 Å². The molecule has 1 heterocycles. The lowest BCUT2D eigenvalue weighted by Crippen LogP contribution is -2.09. The number of thioether (sulfide) groups is 1. The summed E-state index contributed by atoms with van der Waals surface area (Å²) in [6.45, 7) is 8.10. The van der Waals surface area contributed by atoms with E-state index in [1.807, 2.05) is 36.5 Å². The zero-order valence-corrected chi connectivity index (χ0v) is 11.6. The molecule has 0 radical (unpaired) electrons. The fraction of sp³-hybridized carbons (Fsp3) is 0.818. The Morgan fingerprint density at radius 3 is 2.59 bits per heavy atom. The topological polar surface area (TPSA) is 49.2 Å². The van der Waals surface area contributed by atoms with Gasteiger partial charge >= 0.3 is 0 Å². The lowest BCUT2D eigenvalue weighted by atomic mass is 10.4. The van der Waals surface area contributed by atoms with Gasteiger partial charge in [-0.1, -0.05) is 12.1 Å². The summed E-state index contributed by atoms with van der Waals surface area (Å²) in [5.41, 5.74) is 0.746. The molecule has 17 heavy (non-hydrogen) atoms. The van der Waals surface area contributed by atoms with Gasteiger partial charge in [-0.25, -0.2) is 0 Å². The minimum atomic E-state index is -0.391. The van der Waals surface area contributed by atoms with Crippen LogP contribution in [-0.2, 0) is 16.0 Å². The van der Waals surface area contributed by atoms with Crippen LogP contribution in [0, 0.1) is 0 Å². The molecule has 0 bridgehead atoms. The van der Waals surface area contributed by atoms with Gasteiger partial charge in [-0.15, -0.1) is 5.10 Å². The summed E-state index contributed by atoms with van der Waals surface area (Å²) in [7, 11) is 0. The molecule has 1 rings (SSSR count). The minimum absolute atomic E-state index is 0.391. The molecule has 0 saturated heterocycles. The van der Waals surface area contributed by atoms with Gasteiger partial charge in [0, 0.05) is 19.0 Å². The van der Waals surface area contributed by atoms with Crippen molar-refractivity contribution in [3.05, 3.63) is 11.9 Å². The number of rotatable bonds is 9. The third kappa shape index (κ3) is 5.06. The smallest absolute Gasteiger partial charge is 0.204 e. The highest BCUT2D eigenvalue weighted by Crippen LogP contribution is 2.15. The van der Waals surface area contributed by atoms with Crippen molar-refractivity contribution < 1.29 is 9.47 Å². The Hall–Kier alpha value is -0.590. The maximum absolute atomic E-state index is 5.46. The number of aromatic nitrogens is 3. The largest absolute Gasteiger partial charge is 0.347 e. The Morgan fingerprint density at radius 1 is 1.29 bits per heavy atom. The van der Waals surface area contributed by atoms with Crippen LogP contribution in [0.1, 0.15) is 32.8 Å². The van der Waals surface area contributed by atoms with Crippen LogP contribution in [0.15, 0.2) is 6.20 Å². The number of hydrogen-bond donors (Lipinski definition) is 0. The molecule has 0 atom stereocenters. The van der Waals surface area contributed by atoms with Crippen molar-refractivity contribution in [3.63, 3.8) is 0 Å². The standard InChI is InChI=1S/C11H21N3O2S/c1-4-15-11(16-5-2)10-9-14(13-12-10)7-8-17-6-3/h9,11H,4-8H2,1-3H3. The van der Waals surface area contributed by atoms with E-state index in [4.69, 9.17) is 9.47 Å². The van der Waals surface area contributed by atoms with E-state index in [-0.39, 0.29) is 0 Å². The fourth-order valence-electron chi connectivity index (χ4n) is 1.35. The highest BCUT2D eigenvalue weighted by atomic mass is 32.2. The molecule has 6 heteroatoms. The molecule has 0 N–H and O–H groups in total. The van der Waals surface area contributed by atoms with Crippen molar-refractivity contribution in [1.82, 2.24) is 15.0 Å². The molecule has 0 aliphatic heterocycles. The molecule has 0 aromatic carbocycles. The molecule has 0 unspecified atom stereocenters. The Kier molecular flexibility index (Phi) is 7.23. The lowest BCUT2D eigenvalue weighted by molar-refractivity contribution is -0.142. The van der Waals surface area contributed by atoms with Crippen LogP contribution in [0.3, 0.4) is 0 Å². The SMILES string of the molecule is CCOC(OCC)c1cn(CCSCC)nn1. The second-order valence-electron chi connectivity index (χ2n) is 3.35. The van der Waals surface area contributed by atoms with E-state index in [1.165, 1.54) is 0 Å². The maximum atomic E-state index is 5.46. The summed E-state index contributed by atoms with van der Waals surface area (Å²) in [4.78, 5) is 0. The van der Waals surface area contributed by atoms with Crippen molar-refractivity contribution in [3.8, 4) is 0 Å². The average molecular weight is 259 g/mol. The first kappa shape index (κ1) is 14.5. The van der Waals surface area contributed by atoms with Crippen molar-refractivity contribution >= 4 is 11.8 Å². The third-order valence-corrected chi connectivity index (χ3v) is 2.98. The number of ether oxygens (including phenoxy) is 2. The van der Waals surface area contributed by atoms with Gasteiger partial charge in [-0.3, -0.25) is 4.68 Å². The van der Waals surface area contributed by atoms with E-state index in [1.54, 1.807) is 0 Å². The quantitative estimate of drug-likeness (QED) is 0.502. The van der Waals surface area contributed by atoms with Crippen molar-refractivity contribution in [2.24, 2.45) is 0 Å². The Balaban J connectivity index is 2.51. The molecule has 1 aromatic heterocycles. The van der Waals surface area contributed by atoms with Crippen LogP contribution in [0.4, 0.5) is 0 Å². The third-order valence-electron chi connectivity index (χ3n) is 2.10. The van der Waals surface area contributed by atoms with E-state index in [9.17, 15) is 0 Å². The second-order valence-corrected chi connectivity index (χ2v) is 4.74. The summed E-state index contributed by atoms with van der Waals surface area (Å²) in [5.74, 6) is 2.18. The summed E-state index contributed by atoms with van der Waals surface area (Å²) >= 11 is 1.89. The van der Waals surface area contributed by atoms with Gasteiger partial charge in [0.1, 0.15) is 5.69 Å². The molecule has 98 valence electrons. The maximum Gasteiger partial charge on any atom is 0.204 e. The predicted molar refractivity (Wildman–Crippen MR) is 69.0 cm³/mol. The Bertz CT molecular complexity index is 301. The van der Waals surface area contributed by atoms with Crippen LogP contribution < -0.4 is 0 Å². The molecule has 0 aliphatic carbocycles. The van der Waals surface area contributed by atoms with Crippen molar-refractivity contribution in [1.29, 1.82) is 0 Å². The van der Waals surface area contributed by atoms with Crippen LogP contribution in [0.25, 0.3) is 0 Å². The van der Waals surface area contributed by atoms with Gasteiger partial charge in [-0.2, -0.15) is 11.8 Å². The summed E-state index contributed by atoms with van der Waals surface area (Å²) < 4.78 is 12.8. The highest BCUT2D eigenvalue weighted by Gasteiger charge is 2.15. The molecule has 5 nitrogen and oxygen atoms in total. The van der Waals surface area contributed by atoms with Gasteiger partial charge in [0.05, 0.1) is 12.7 Å². The van der Waals surface area contributed by atoms with Crippen LogP contribution in [-0.4, -0.2) is 39.7 Å². The molecule has 0 saturated carbocycles. The molecule has 1 aromatic rings. The molecular weight excluding hydrogens is 238 g/mol. The molecular formula is C11H21N3O2S. The van der Waals surface area contributed by atoms with Gasteiger partial charge in [-0.05, 0) is 19.6 Å². The van der Waals surface area contributed by atoms with E-state index in [2.05, 4.69) is 17.2 Å². The average Bonchev–Trinajstić information content (AvgIpc) is 2.78. The first-order valence-corrected chi connectivity index (χ1v) is 7.18. The first-order valence-electron chi connectivity index (χ1n) is 6.02. The van der Waals surface area contributed by atoms with Crippen molar-refractivity contribution in [2.75, 3.05) is 24.7 Å². The molecule has 0 amide bonds. The first-order chi connectivity index (χ1) is 8.31. The van der Waals surface area contributed by atoms with Crippen molar-refractivity contribution in [2.45, 2.75) is 33.6 Å². The van der Waals surface area contributed by atoms with E-state index < -0.39 is 6.29 Å². The monoisotopic (exact) mass is 259 g/mol. The summed E-state index contributed by atoms with van der Waals surface area (Å²) in [5, 5.41) is 8.15. The summed E-state index contributed by atoms with van der Waals surface area (Å²) in [6.07, 6.45) is 1.50. The van der Waals surface area contributed by atoms with Gasteiger partial charge < -0.3 is 9.47 Å². The zero-order chi connectivity index (χ0) is 12.5. The van der Waals surface area contributed by atoms with Gasteiger partial charge in [0.15, 0.2) is 0 Å². The fourth-order valence-corrected chi connectivity index (χ4v) is 1.96. The van der Waals surface area contributed by atoms with E-state index in [0.29, 0.717) is 13.2 Å². The Labute approximate surface area is 107 Å². The van der Waals surface area contributed by atoms with E-state index >= 15 is 0 Å². The number of aryl methyl sites for hydroxylation is 1. The van der Waals surface area contributed by atoms with Crippen LogP contribution in [0.5, 0.6) is 0 Å². The summed E-state index contributed by atoms with van der Waals surface area (Å²) in [6, 6.07) is 0. The highest BCUT2D eigenvalue weighted by molar-refractivity contribution is 7.99. The zero-order valence-electron chi connectivity index (χ0n) is 10.8. The Morgan fingerprint density at radius 2 is 2.00 bits per heavy atom.